The molecule has 7 atom stereocenters. The molecule has 0 radical (unpaired) electrons. The summed E-state index contributed by atoms with van der Waals surface area (Å²) in [4.78, 5) is 58.3. The first kappa shape index (κ1) is 28.4. The second-order valence-electron chi connectivity index (χ2n) is 11.9. The number of thiazole rings is 1. The number of phenols is 1. The number of para-hydroxylation sites is 1. The van der Waals surface area contributed by atoms with Crippen molar-refractivity contribution in [2.45, 2.75) is 22.6 Å². The maximum Gasteiger partial charge on any atom is 0.305 e. The van der Waals surface area contributed by atoms with Crippen LogP contribution in [0, 0.1) is 29.6 Å². The van der Waals surface area contributed by atoms with Crippen molar-refractivity contribution in [2.24, 2.45) is 29.6 Å². The Morgan fingerprint density at radius 2 is 1.73 bits per heavy atom. The second kappa shape index (κ2) is 10.8. The number of hydrogen-bond acceptors (Lipinski definition) is 8. The molecule has 12 heteroatoms. The summed E-state index contributed by atoms with van der Waals surface area (Å²) in [7, 11) is 0. The molecule has 4 aliphatic rings. The van der Waals surface area contributed by atoms with Crippen LogP contribution in [-0.4, -0.2) is 39.7 Å². The Hall–Kier alpha value is -4.06. The number of H-pyrrole nitrogens is 1. The standard InChI is InChI=1S/C33H26ClN3O6S2/c34-15-6-11-22(43-14-23(39)35-16-7-9-18(38)10-8-16)19(12-15)24-25-20-13-21(28(25)44-30-29(24)45-33(42)36-30)27-26(20)31(40)37(32(27)41)17-4-2-1-3-5-17/h1-12,20-21,24-28,38H,13-14H2,(H,35,39)(H,36,42)/t20-,21-,24+,25-,26+,27+,28-/m1/s1. The van der Waals surface area contributed by atoms with Crippen LogP contribution in [0.4, 0.5) is 11.4 Å². The number of hydrogen-bond donors (Lipinski definition) is 3. The number of fused-ring (bicyclic) bond motifs is 9. The first-order chi connectivity index (χ1) is 21.8. The third-order valence-electron chi connectivity index (χ3n) is 9.56. The molecule has 4 aromatic rings. The molecule has 1 aromatic heterocycles. The summed E-state index contributed by atoms with van der Waals surface area (Å²) in [5.41, 5.74) is 1.85. The van der Waals surface area contributed by atoms with E-state index in [0.717, 1.165) is 33.2 Å². The van der Waals surface area contributed by atoms with E-state index in [1.807, 2.05) is 24.3 Å². The SMILES string of the molecule is O=C(COc1ccc(Cl)cc1[C@@H]1c2sc(=O)[nH]c2S[C@@H]2[C@@H]3C[C@@H]([C@@H]4C(=O)N(c5ccccc5)C(=O)[C@@H]34)[C@H]12)Nc1ccc(O)cc1. The van der Waals surface area contributed by atoms with Gasteiger partial charge in [-0.15, -0.1) is 11.8 Å². The molecule has 8 rings (SSSR count). The van der Waals surface area contributed by atoms with Gasteiger partial charge < -0.3 is 20.1 Å². The second-order valence-corrected chi connectivity index (χ2v) is 14.5. The van der Waals surface area contributed by atoms with Gasteiger partial charge in [0.25, 0.3) is 5.91 Å². The Morgan fingerprint density at radius 3 is 2.49 bits per heavy atom. The zero-order valence-electron chi connectivity index (χ0n) is 23.5. The summed E-state index contributed by atoms with van der Waals surface area (Å²) >= 11 is 9.31. The molecule has 2 aliphatic heterocycles. The van der Waals surface area contributed by atoms with Gasteiger partial charge in [0.15, 0.2) is 6.61 Å². The number of nitrogens with zero attached hydrogens (tertiary/aromatic N) is 1. The maximum absolute atomic E-state index is 14.0. The molecule has 2 aliphatic carbocycles. The number of ether oxygens (including phenoxy) is 1. The van der Waals surface area contributed by atoms with Gasteiger partial charge in [0.05, 0.1) is 22.5 Å². The van der Waals surface area contributed by atoms with Crippen LogP contribution in [-0.2, 0) is 14.4 Å². The summed E-state index contributed by atoms with van der Waals surface area (Å²) in [6.07, 6.45) is 0.749. The first-order valence-electron chi connectivity index (χ1n) is 14.6. The quantitative estimate of drug-likeness (QED) is 0.184. The van der Waals surface area contributed by atoms with Crippen LogP contribution >= 0.6 is 34.7 Å². The van der Waals surface area contributed by atoms with Crippen LogP contribution in [0.2, 0.25) is 5.02 Å². The molecule has 3 amide bonds. The minimum Gasteiger partial charge on any atom is -0.508 e. The zero-order valence-corrected chi connectivity index (χ0v) is 25.9. The third-order valence-corrected chi connectivity index (χ3v) is 12.4. The fourth-order valence-electron chi connectivity index (χ4n) is 7.98. The highest BCUT2D eigenvalue weighted by molar-refractivity contribution is 8.00. The Balaban J connectivity index is 1.14. The molecule has 2 saturated carbocycles. The molecular weight excluding hydrogens is 634 g/mol. The van der Waals surface area contributed by atoms with E-state index in [4.69, 9.17) is 16.3 Å². The van der Waals surface area contributed by atoms with E-state index in [9.17, 15) is 24.3 Å². The molecule has 45 heavy (non-hydrogen) atoms. The smallest absolute Gasteiger partial charge is 0.305 e. The minimum atomic E-state index is -0.441. The van der Waals surface area contributed by atoms with Gasteiger partial charge in [-0.25, -0.2) is 0 Å². The van der Waals surface area contributed by atoms with Crippen molar-refractivity contribution >= 4 is 63.8 Å². The van der Waals surface area contributed by atoms with E-state index >= 15 is 0 Å². The number of halogens is 1. The fraction of sp³-hybridized carbons (Fsp3) is 0.273. The Bertz CT molecular complexity index is 1910. The van der Waals surface area contributed by atoms with Crippen LogP contribution in [0.1, 0.15) is 22.8 Å². The van der Waals surface area contributed by atoms with Crippen molar-refractivity contribution in [3.8, 4) is 11.5 Å². The maximum atomic E-state index is 14.0. The number of amides is 3. The number of aromatic nitrogens is 1. The number of benzene rings is 3. The van der Waals surface area contributed by atoms with Gasteiger partial charge in [-0.3, -0.25) is 24.1 Å². The van der Waals surface area contributed by atoms with Crippen molar-refractivity contribution in [1.82, 2.24) is 4.98 Å². The van der Waals surface area contributed by atoms with E-state index in [1.165, 1.54) is 17.0 Å². The molecular formula is C33H26ClN3O6S2. The van der Waals surface area contributed by atoms with Gasteiger partial charge in [0.2, 0.25) is 11.8 Å². The van der Waals surface area contributed by atoms with Gasteiger partial charge >= 0.3 is 4.87 Å². The van der Waals surface area contributed by atoms with Crippen molar-refractivity contribution in [3.05, 3.63) is 97.9 Å². The molecule has 3 aromatic carbocycles. The Labute approximate surface area is 270 Å². The summed E-state index contributed by atoms with van der Waals surface area (Å²) in [6.45, 7) is -0.281. The molecule has 3 fully saturated rings. The van der Waals surface area contributed by atoms with Crippen molar-refractivity contribution in [3.63, 3.8) is 0 Å². The fourth-order valence-corrected chi connectivity index (χ4v) is 11.0. The monoisotopic (exact) mass is 659 g/mol. The third kappa shape index (κ3) is 4.59. The molecule has 3 heterocycles. The lowest BCUT2D eigenvalue weighted by atomic mass is 9.68. The lowest BCUT2D eigenvalue weighted by Gasteiger charge is -2.43. The summed E-state index contributed by atoms with van der Waals surface area (Å²) in [5, 5.41) is 13.5. The van der Waals surface area contributed by atoms with Crippen LogP contribution in [0.25, 0.3) is 0 Å². The highest BCUT2D eigenvalue weighted by Gasteiger charge is 2.69. The number of nitrogens with one attached hydrogen (secondary N) is 2. The van der Waals surface area contributed by atoms with Crippen LogP contribution in [0.5, 0.6) is 11.5 Å². The van der Waals surface area contributed by atoms with E-state index in [1.54, 1.807) is 48.2 Å². The van der Waals surface area contributed by atoms with E-state index in [-0.39, 0.29) is 63.9 Å². The largest absolute Gasteiger partial charge is 0.508 e. The van der Waals surface area contributed by atoms with Gasteiger partial charge in [0, 0.05) is 32.3 Å². The number of thioether (sulfide) groups is 1. The number of carbonyl (C=O) groups is 3. The Morgan fingerprint density at radius 1 is 1.00 bits per heavy atom. The minimum absolute atomic E-state index is 0.00361. The van der Waals surface area contributed by atoms with E-state index in [0.29, 0.717) is 22.1 Å². The predicted octanol–water partition coefficient (Wildman–Crippen LogP) is 5.49. The average molecular weight is 660 g/mol. The molecule has 228 valence electrons. The summed E-state index contributed by atoms with van der Waals surface area (Å²) in [6, 6.07) is 20.5. The molecule has 2 bridgehead atoms. The van der Waals surface area contributed by atoms with Gasteiger partial charge in [-0.05, 0) is 78.8 Å². The summed E-state index contributed by atoms with van der Waals surface area (Å²) in [5.74, 6) is -1.47. The average Bonchev–Trinajstić information content (AvgIpc) is 3.77. The van der Waals surface area contributed by atoms with Crippen molar-refractivity contribution in [2.75, 3.05) is 16.8 Å². The number of carbonyl (C=O) groups excluding carboxylic acids is 3. The number of aromatic hydroxyl groups is 1. The summed E-state index contributed by atoms with van der Waals surface area (Å²) < 4.78 is 6.11. The number of phenolic OH excluding ortho intramolecular Hbond substituents is 1. The number of anilines is 2. The predicted molar refractivity (Wildman–Crippen MR) is 171 cm³/mol. The number of imide groups is 1. The highest BCUT2D eigenvalue weighted by atomic mass is 35.5. The van der Waals surface area contributed by atoms with Gasteiger partial charge in [-0.2, -0.15) is 0 Å². The van der Waals surface area contributed by atoms with E-state index < -0.39 is 11.8 Å². The number of rotatable bonds is 6. The van der Waals surface area contributed by atoms with E-state index in [2.05, 4.69) is 10.3 Å². The lowest BCUT2D eigenvalue weighted by molar-refractivity contribution is -0.123. The van der Waals surface area contributed by atoms with Crippen molar-refractivity contribution in [1.29, 1.82) is 0 Å². The lowest BCUT2D eigenvalue weighted by Crippen LogP contribution is -2.42. The van der Waals surface area contributed by atoms with Gasteiger partial charge in [-0.1, -0.05) is 41.1 Å². The Kier molecular flexibility index (Phi) is 6.81. The van der Waals surface area contributed by atoms with Crippen LogP contribution < -0.4 is 19.8 Å². The van der Waals surface area contributed by atoms with Crippen LogP contribution in [0.3, 0.4) is 0 Å². The topological polar surface area (TPSA) is 129 Å². The van der Waals surface area contributed by atoms with Crippen LogP contribution in [0.15, 0.2) is 82.6 Å². The van der Waals surface area contributed by atoms with Crippen molar-refractivity contribution < 1.29 is 24.2 Å². The highest BCUT2D eigenvalue weighted by Crippen LogP contribution is 2.69. The molecule has 0 unspecified atom stereocenters. The molecule has 3 N–H and O–H groups in total. The number of aromatic amines is 1. The molecule has 0 spiro atoms. The zero-order chi connectivity index (χ0) is 31.0. The molecule has 1 saturated heterocycles. The van der Waals surface area contributed by atoms with Gasteiger partial charge in [0.1, 0.15) is 11.5 Å². The molecule has 9 nitrogen and oxygen atoms in total. The first-order valence-corrected chi connectivity index (χ1v) is 16.7. The normalized spacial score (nSPS) is 27.7.